The molecular weight excluding hydrogens is 274 g/mol. The Balaban J connectivity index is 2.02. The standard InChI is InChI=1S/C18H19N3O/c1-12(2)18(22)20-14-7-4-6-13(10-14)15-8-5-9-17-16(15)11-19-21(17)3/h4-12H,1-3H3,(H,20,22). The highest BCUT2D eigenvalue weighted by Crippen LogP contribution is 2.29. The Morgan fingerprint density at radius 1 is 1.18 bits per heavy atom. The van der Waals surface area contributed by atoms with Crippen LogP contribution in [0.3, 0.4) is 0 Å². The molecule has 0 aliphatic rings. The molecular formula is C18H19N3O. The molecule has 0 bridgehead atoms. The first-order chi connectivity index (χ1) is 10.6. The Labute approximate surface area is 129 Å². The van der Waals surface area contributed by atoms with Crippen LogP contribution < -0.4 is 5.32 Å². The predicted octanol–water partition coefficient (Wildman–Crippen LogP) is 3.83. The number of anilines is 1. The van der Waals surface area contributed by atoms with Crippen molar-refractivity contribution in [2.45, 2.75) is 13.8 Å². The fourth-order valence-electron chi connectivity index (χ4n) is 2.48. The molecule has 0 atom stereocenters. The van der Waals surface area contributed by atoms with Crippen LogP contribution in [0.1, 0.15) is 13.8 Å². The van der Waals surface area contributed by atoms with Crippen molar-refractivity contribution in [3.05, 3.63) is 48.7 Å². The van der Waals surface area contributed by atoms with Gasteiger partial charge in [0, 0.05) is 24.0 Å². The Morgan fingerprint density at radius 2 is 1.95 bits per heavy atom. The predicted molar refractivity (Wildman–Crippen MR) is 89.6 cm³/mol. The zero-order valence-electron chi connectivity index (χ0n) is 13.0. The molecule has 22 heavy (non-hydrogen) atoms. The molecule has 0 radical (unpaired) electrons. The minimum atomic E-state index is -0.0367. The van der Waals surface area contributed by atoms with Crippen molar-refractivity contribution >= 4 is 22.5 Å². The van der Waals surface area contributed by atoms with Gasteiger partial charge in [0.2, 0.25) is 5.91 Å². The number of benzene rings is 2. The van der Waals surface area contributed by atoms with Crippen molar-refractivity contribution in [1.29, 1.82) is 0 Å². The van der Waals surface area contributed by atoms with Gasteiger partial charge in [0.1, 0.15) is 0 Å². The summed E-state index contributed by atoms with van der Waals surface area (Å²) in [4.78, 5) is 11.9. The lowest BCUT2D eigenvalue weighted by Gasteiger charge is -2.10. The van der Waals surface area contributed by atoms with Gasteiger partial charge in [-0.15, -0.1) is 0 Å². The quantitative estimate of drug-likeness (QED) is 0.797. The van der Waals surface area contributed by atoms with Crippen LogP contribution in [-0.4, -0.2) is 15.7 Å². The van der Waals surface area contributed by atoms with E-state index in [1.165, 1.54) is 0 Å². The van der Waals surface area contributed by atoms with Gasteiger partial charge in [0.15, 0.2) is 0 Å². The Kier molecular flexibility index (Phi) is 3.67. The first-order valence-corrected chi connectivity index (χ1v) is 7.38. The van der Waals surface area contributed by atoms with Crippen LogP contribution in [0.2, 0.25) is 0 Å². The van der Waals surface area contributed by atoms with Gasteiger partial charge in [-0.25, -0.2) is 0 Å². The smallest absolute Gasteiger partial charge is 0.226 e. The monoisotopic (exact) mass is 293 g/mol. The highest BCUT2D eigenvalue weighted by molar-refractivity contribution is 5.97. The molecule has 4 nitrogen and oxygen atoms in total. The van der Waals surface area contributed by atoms with Crippen molar-refractivity contribution in [3.8, 4) is 11.1 Å². The molecule has 0 fully saturated rings. The number of aromatic nitrogens is 2. The van der Waals surface area contributed by atoms with Crippen LogP contribution in [0.5, 0.6) is 0 Å². The zero-order chi connectivity index (χ0) is 15.7. The third-order valence-corrected chi connectivity index (χ3v) is 3.76. The van der Waals surface area contributed by atoms with Crippen molar-refractivity contribution in [2.75, 3.05) is 5.32 Å². The third kappa shape index (κ3) is 2.60. The van der Waals surface area contributed by atoms with Crippen molar-refractivity contribution < 1.29 is 4.79 Å². The van der Waals surface area contributed by atoms with E-state index < -0.39 is 0 Å². The average Bonchev–Trinajstić information content (AvgIpc) is 2.89. The van der Waals surface area contributed by atoms with E-state index in [-0.39, 0.29) is 11.8 Å². The molecule has 0 aliphatic carbocycles. The van der Waals surface area contributed by atoms with Gasteiger partial charge in [-0.1, -0.05) is 38.1 Å². The fraction of sp³-hybridized carbons (Fsp3) is 0.222. The van der Waals surface area contributed by atoms with E-state index in [4.69, 9.17) is 0 Å². The van der Waals surface area contributed by atoms with Crippen LogP contribution in [0, 0.1) is 5.92 Å². The number of hydrogen-bond donors (Lipinski definition) is 1. The molecule has 4 heteroatoms. The second kappa shape index (κ2) is 5.64. The summed E-state index contributed by atoms with van der Waals surface area (Å²) >= 11 is 0. The van der Waals surface area contributed by atoms with Crippen LogP contribution in [0.4, 0.5) is 5.69 Å². The maximum absolute atomic E-state index is 11.9. The first kappa shape index (κ1) is 14.3. The molecule has 1 N–H and O–H groups in total. The topological polar surface area (TPSA) is 46.9 Å². The first-order valence-electron chi connectivity index (χ1n) is 7.38. The molecule has 0 unspecified atom stereocenters. The van der Waals surface area contributed by atoms with Gasteiger partial charge < -0.3 is 5.32 Å². The molecule has 2 aromatic carbocycles. The molecule has 112 valence electrons. The largest absolute Gasteiger partial charge is 0.326 e. The van der Waals surface area contributed by atoms with Crippen molar-refractivity contribution in [1.82, 2.24) is 9.78 Å². The number of amides is 1. The van der Waals surface area contributed by atoms with E-state index in [9.17, 15) is 4.79 Å². The summed E-state index contributed by atoms with van der Waals surface area (Å²) in [5.74, 6) is -0.0119. The third-order valence-electron chi connectivity index (χ3n) is 3.76. The molecule has 1 heterocycles. The van der Waals surface area contributed by atoms with Gasteiger partial charge in [-0.2, -0.15) is 5.10 Å². The summed E-state index contributed by atoms with van der Waals surface area (Å²) in [5, 5.41) is 8.38. The Hall–Kier alpha value is -2.62. The number of rotatable bonds is 3. The van der Waals surface area contributed by atoms with E-state index in [1.807, 2.05) is 62.1 Å². The molecule has 1 amide bonds. The maximum atomic E-state index is 11.9. The van der Waals surface area contributed by atoms with E-state index in [1.54, 1.807) is 0 Å². The molecule has 0 saturated heterocycles. The second-order valence-corrected chi connectivity index (χ2v) is 5.73. The molecule has 0 spiro atoms. The van der Waals surface area contributed by atoms with Crippen molar-refractivity contribution in [3.63, 3.8) is 0 Å². The van der Waals surface area contributed by atoms with Gasteiger partial charge in [-0.3, -0.25) is 9.48 Å². The Bertz CT molecular complexity index is 833. The summed E-state index contributed by atoms with van der Waals surface area (Å²) < 4.78 is 1.86. The lowest BCUT2D eigenvalue weighted by molar-refractivity contribution is -0.118. The van der Waals surface area contributed by atoms with Gasteiger partial charge in [0.25, 0.3) is 0 Å². The second-order valence-electron chi connectivity index (χ2n) is 5.73. The van der Waals surface area contributed by atoms with Gasteiger partial charge >= 0.3 is 0 Å². The number of fused-ring (bicyclic) bond motifs is 1. The molecule has 0 saturated carbocycles. The summed E-state index contributed by atoms with van der Waals surface area (Å²) in [5.41, 5.74) is 4.10. The van der Waals surface area contributed by atoms with E-state index >= 15 is 0 Å². The minimum absolute atomic E-state index is 0.0248. The number of nitrogens with one attached hydrogen (secondary N) is 1. The SMILES string of the molecule is CC(C)C(=O)Nc1cccc(-c2cccc3c2cnn3C)c1. The molecule has 0 aliphatic heterocycles. The summed E-state index contributed by atoms with van der Waals surface area (Å²) in [6.07, 6.45) is 1.88. The lowest BCUT2D eigenvalue weighted by atomic mass is 10.0. The minimum Gasteiger partial charge on any atom is -0.326 e. The number of aryl methyl sites for hydroxylation is 1. The number of hydrogen-bond acceptors (Lipinski definition) is 2. The van der Waals surface area contributed by atoms with E-state index in [0.29, 0.717) is 0 Å². The number of carbonyl (C=O) groups is 1. The van der Waals surface area contributed by atoms with Crippen LogP contribution in [0.15, 0.2) is 48.7 Å². The normalized spacial score (nSPS) is 11.1. The van der Waals surface area contributed by atoms with Gasteiger partial charge in [0.05, 0.1) is 11.7 Å². The summed E-state index contributed by atoms with van der Waals surface area (Å²) in [6, 6.07) is 14.1. The van der Waals surface area contributed by atoms with Crippen molar-refractivity contribution in [2.24, 2.45) is 13.0 Å². The molecule has 3 aromatic rings. The zero-order valence-corrected chi connectivity index (χ0v) is 13.0. The average molecular weight is 293 g/mol. The number of carbonyl (C=O) groups excluding carboxylic acids is 1. The van der Waals surface area contributed by atoms with E-state index in [2.05, 4.69) is 22.5 Å². The van der Waals surface area contributed by atoms with E-state index in [0.717, 1.165) is 27.7 Å². The van der Waals surface area contributed by atoms with Gasteiger partial charge in [-0.05, 0) is 29.3 Å². The highest BCUT2D eigenvalue weighted by Gasteiger charge is 2.10. The van der Waals surface area contributed by atoms with Crippen LogP contribution in [-0.2, 0) is 11.8 Å². The van der Waals surface area contributed by atoms with Crippen LogP contribution >= 0.6 is 0 Å². The molecule has 1 aromatic heterocycles. The maximum Gasteiger partial charge on any atom is 0.226 e. The highest BCUT2D eigenvalue weighted by atomic mass is 16.1. The fourth-order valence-corrected chi connectivity index (χ4v) is 2.48. The lowest BCUT2D eigenvalue weighted by Crippen LogP contribution is -2.17. The summed E-state index contributed by atoms with van der Waals surface area (Å²) in [7, 11) is 1.94. The molecule has 3 rings (SSSR count). The van der Waals surface area contributed by atoms with Crippen LogP contribution in [0.25, 0.3) is 22.0 Å². The Morgan fingerprint density at radius 3 is 2.73 bits per heavy atom. The summed E-state index contributed by atoms with van der Waals surface area (Å²) in [6.45, 7) is 3.77. The number of nitrogens with zero attached hydrogens (tertiary/aromatic N) is 2.